The first-order chi connectivity index (χ1) is 11.2. The highest BCUT2D eigenvalue weighted by Gasteiger charge is 2.30. The lowest BCUT2D eigenvalue weighted by molar-refractivity contribution is -0.134. The minimum atomic E-state index is 0.0575. The number of methoxy groups -OCH3 is 1. The van der Waals surface area contributed by atoms with E-state index in [-0.39, 0.29) is 11.9 Å². The van der Waals surface area contributed by atoms with Crippen LogP contribution in [0.1, 0.15) is 24.4 Å². The maximum Gasteiger partial charge on any atom is 0.220 e. The van der Waals surface area contributed by atoms with Crippen LogP contribution in [0.15, 0.2) is 36.7 Å². The number of aromatic amines is 1. The Bertz CT molecular complexity index is 639. The van der Waals surface area contributed by atoms with Crippen LogP contribution in [-0.2, 0) is 11.3 Å². The number of amides is 1. The summed E-state index contributed by atoms with van der Waals surface area (Å²) < 4.78 is 5.22. The van der Waals surface area contributed by atoms with E-state index in [9.17, 15) is 4.79 Å². The number of imidazole rings is 1. The fourth-order valence-electron chi connectivity index (χ4n) is 3.07. The number of nitrogens with zero attached hydrogens (tertiary/aromatic N) is 3. The monoisotopic (exact) mass is 314 g/mol. The first-order valence-electron chi connectivity index (χ1n) is 7.79. The molecule has 1 aromatic carbocycles. The Balaban J connectivity index is 1.78. The summed E-state index contributed by atoms with van der Waals surface area (Å²) in [4.78, 5) is 23.7. The molecular weight excluding hydrogens is 292 g/mol. The molecule has 1 aliphatic rings. The number of benzene rings is 1. The van der Waals surface area contributed by atoms with Crippen LogP contribution in [0.25, 0.3) is 0 Å². The van der Waals surface area contributed by atoms with Crippen molar-refractivity contribution in [2.45, 2.75) is 19.5 Å². The Morgan fingerprint density at radius 2 is 2.13 bits per heavy atom. The molecule has 1 fully saturated rings. The molecule has 122 valence electrons. The lowest BCUT2D eigenvalue weighted by atomic mass is 10.0. The Morgan fingerprint density at radius 3 is 2.74 bits per heavy atom. The van der Waals surface area contributed by atoms with Crippen molar-refractivity contribution in [1.82, 2.24) is 19.8 Å². The second kappa shape index (κ2) is 6.83. The number of aromatic nitrogens is 2. The number of carbonyl (C=O) groups excluding carboxylic acids is 1. The first-order valence-corrected chi connectivity index (χ1v) is 7.79. The number of hydrogen-bond donors (Lipinski definition) is 1. The highest BCUT2D eigenvalue weighted by Crippen LogP contribution is 2.27. The van der Waals surface area contributed by atoms with Gasteiger partial charge in [-0.25, -0.2) is 4.98 Å². The first kappa shape index (κ1) is 15.6. The zero-order valence-corrected chi connectivity index (χ0v) is 13.5. The van der Waals surface area contributed by atoms with Gasteiger partial charge in [-0.3, -0.25) is 9.69 Å². The molecule has 0 spiro atoms. The number of nitrogens with one attached hydrogen (secondary N) is 1. The Labute approximate surface area is 136 Å². The topological polar surface area (TPSA) is 61.5 Å². The van der Waals surface area contributed by atoms with E-state index in [2.05, 4.69) is 14.9 Å². The Kier molecular flexibility index (Phi) is 4.62. The molecule has 2 heterocycles. The SMILES string of the molecule is COc1ccc([C@H]2CN(Cc3ncc[nH]3)CCN2C(C)=O)cc1. The summed E-state index contributed by atoms with van der Waals surface area (Å²) in [6, 6.07) is 8.02. The maximum atomic E-state index is 12.0. The van der Waals surface area contributed by atoms with E-state index in [0.29, 0.717) is 0 Å². The molecular formula is C17H22N4O2. The average Bonchev–Trinajstić information content (AvgIpc) is 3.07. The molecule has 23 heavy (non-hydrogen) atoms. The van der Waals surface area contributed by atoms with Crippen LogP contribution in [0.4, 0.5) is 0 Å². The molecule has 1 atom stereocenters. The standard InChI is InChI=1S/C17H22N4O2/c1-13(22)21-10-9-20(12-17-18-7-8-19-17)11-16(21)14-3-5-15(23-2)6-4-14/h3-8,16H,9-12H2,1-2H3,(H,18,19)/t16-/m1/s1. The fraction of sp³-hybridized carbons (Fsp3) is 0.412. The minimum absolute atomic E-state index is 0.0575. The van der Waals surface area contributed by atoms with Gasteiger partial charge in [-0.15, -0.1) is 0 Å². The summed E-state index contributed by atoms with van der Waals surface area (Å²) in [5.41, 5.74) is 1.13. The van der Waals surface area contributed by atoms with E-state index in [1.54, 1.807) is 20.2 Å². The lowest BCUT2D eigenvalue weighted by Crippen LogP contribution is -2.49. The van der Waals surface area contributed by atoms with Crippen molar-refractivity contribution in [3.63, 3.8) is 0 Å². The molecule has 0 bridgehead atoms. The zero-order valence-electron chi connectivity index (χ0n) is 13.5. The quantitative estimate of drug-likeness (QED) is 0.935. The molecule has 2 aromatic rings. The molecule has 6 nitrogen and oxygen atoms in total. The summed E-state index contributed by atoms with van der Waals surface area (Å²) in [5.74, 6) is 1.89. The van der Waals surface area contributed by atoms with E-state index in [4.69, 9.17) is 4.74 Å². The van der Waals surface area contributed by atoms with Crippen LogP contribution in [-0.4, -0.2) is 52.4 Å². The lowest BCUT2D eigenvalue weighted by Gasteiger charge is -2.41. The number of H-pyrrole nitrogens is 1. The van der Waals surface area contributed by atoms with Gasteiger partial charge < -0.3 is 14.6 Å². The maximum absolute atomic E-state index is 12.0. The summed E-state index contributed by atoms with van der Waals surface area (Å²) in [5, 5.41) is 0. The van der Waals surface area contributed by atoms with Crippen molar-refractivity contribution in [3.8, 4) is 5.75 Å². The second-order valence-corrected chi connectivity index (χ2v) is 5.77. The highest BCUT2D eigenvalue weighted by atomic mass is 16.5. The van der Waals surface area contributed by atoms with Gasteiger partial charge >= 0.3 is 0 Å². The smallest absolute Gasteiger partial charge is 0.220 e. The number of ether oxygens (including phenoxy) is 1. The van der Waals surface area contributed by atoms with E-state index in [1.165, 1.54) is 0 Å². The van der Waals surface area contributed by atoms with Crippen molar-refractivity contribution in [2.75, 3.05) is 26.7 Å². The number of piperazine rings is 1. The Hall–Kier alpha value is -2.34. The van der Waals surface area contributed by atoms with Crippen molar-refractivity contribution in [1.29, 1.82) is 0 Å². The third-order valence-electron chi connectivity index (χ3n) is 4.30. The van der Waals surface area contributed by atoms with Gasteiger partial charge in [-0.2, -0.15) is 0 Å². The average molecular weight is 314 g/mol. The van der Waals surface area contributed by atoms with Crippen molar-refractivity contribution in [3.05, 3.63) is 48.0 Å². The van der Waals surface area contributed by atoms with E-state index < -0.39 is 0 Å². The van der Waals surface area contributed by atoms with E-state index in [0.717, 1.165) is 43.3 Å². The molecule has 1 aromatic heterocycles. The third-order valence-corrected chi connectivity index (χ3v) is 4.30. The molecule has 1 amide bonds. The number of carbonyl (C=O) groups is 1. The summed E-state index contributed by atoms with van der Waals surface area (Å²) in [6.07, 6.45) is 3.60. The van der Waals surface area contributed by atoms with Crippen molar-refractivity contribution >= 4 is 5.91 Å². The van der Waals surface area contributed by atoms with E-state index >= 15 is 0 Å². The summed E-state index contributed by atoms with van der Waals surface area (Å²) >= 11 is 0. The molecule has 1 saturated heterocycles. The zero-order chi connectivity index (χ0) is 16.2. The van der Waals surface area contributed by atoms with Gasteiger partial charge in [0.05, 0.1) is 19.7 Å². The number of hydrogen-bond acceptors (Lipinski definition) is 4. The minimum Gasteiger partial charge on any atom is -0.497 e. The molecule has 0 unspecified atom stereocenters. The van der Waals surface area contributed by atoms with Crippen LogP contribution in [0, 0.1) is 0 Å². The van der Waals surface area contributed by atoms with Gasteiger partial charge in [0.2, 0.25) is 5.91 Å². The van der Waals surface area contributed by atoms with Crippen LogP contribution in [0.2, 0.25) is 0 Å². The van der Waals surface area contributed by atoms with E-state index in [1.807, 2.05) is 35.4 Å². The predicted octanol–water partition coefficient (Wildman–Crippen LogP) is 1.82. The molecule has 6 heteroatoms. The van der Waals surface area contributed by atoms with Gasteiger partial charge in [0, 0.05) is 39.0 Å². The molecule has 1 N–H and O–H groups in total. The van der Waals surface area contributed by atoms with Gasteiger partial charge in [0.1, 0.15) is 11.6 Å². The highest BCUT2D eigenvalue weighted by molar-refractivity contribution is 5.74. The molecule has 0 radical (unpaired) electrons. The molecule has 3 rings (SSSR count). The van der Waals surface area contributed by atoms with Crippen LogP contribution >= 0.6 is 0 Å². The van der Waals surface area contributed by atoms with Crippen LogP contribution in [0.5, 0.6) is 5.75 Å². The second-order valence-electron chi connectivity index (χ2n) is 5.77. The normalized spacial score (nSPS) is 18.9. The molecule has 0 aliphatic carbocycles. The molecule has 1 aliphatic heterocycles. The predicted molar refractivity (Wildman–Crippen MR) is 87.0 cm³/mol. The fourth-order valence-corrected chi connectivity index (χ4v) is 3.07. The Morgan fingerprint density at radius 1 is 1.35 bits per heavy atom. The van der Waals surface area contributed by atoms with Gasteiger partial charge in [0.15, 0.2) is 0 Å². The van der Waals surface area contributed by atoms with Crippen LogP contribution in [0.3, 0.4) is 0 Å². The van der Waals surface area contributed by atoms with Crippen LogP contribution < -0.4 is 4.74 Å². The summed E-state index contributed by atoms with van der Waals surface area (Å²) in [6.45, 7) is 4.79. The van der Waals surface area contributed by atoms with Gasteiger partial charge in [-0.1, -0.05) is 12.1 Å². The van der Waals surface area contributed by atoms with Crippen molar-refractivity contribution < 1.29 is 9.53 Å². The summed E-state index contributed by atoms with van der Waals surface area (Å²) in [7, 11) is 1.66. The third kappa shape index (κ3) is 3.53. The number of rotatable bonds is 4. The largest absolute Gasteiger partial charge is 0.497 e. The van der Waals surface area contributed by atoms with Gasteiger partial charge in [-0.05, 0) is 17.7 Å². The van der Waals surface area contributed by atoms with Gasteiger partial charge in [0.25, 0.3) is 0 Å². The molecule has 0 saturated carbocycles. The van der Waals surface area contributed by atoms with Crippen molar-refractivity contribution in [2.24, 2.45) is 0 Å².